The van der Waals surface area contributed by atoms with Crippen molar-refractivity contribution in [2.24, 2.45) is 17.1 Å². The fourth-order valence-corrected chi connectivity index (χ4v) is 4.73. The van der Waals surface area contributed by atoms with Crippen LogP contribution in [-0.2, 0) is 4.74 Å². The number of rotatable bonds is 3. The van der Waals surface area contributed by atoms with Gasteiger partial charge in [-0.2, -0.15) is 0 Å². The highest BCUT2D eigenvalue weighted by atomic mass is 16.5. The zero-order chi connectivity index (χ0) is 12.6. The van der Waals surface area contributed by atoms with Gasteiger partial charge < -0.3 is 10.5 Å². The van der Waals surface area contributed by atoms with Crippen LogP contribution in [0.4, 0.5) is 0 Å². The van der Waals surface area contributed by atoms with Crippen molar-refractivity contribution in [1.82, 2.24) is 0 Å². The highest BCUT2D eigenvalue weighted by Crippen LogP contribution is 2.54. The van der Waals surface area contributed by atoms with Gasteiger partial charge in [-0.25, -0.2) is 0 Å². The van der Waals surface area contributed by atoms with Crippen LogP contribution in [-0.4, -0.2) is 18.2 Å². The molecule has 0 aromatic rings. The molecule has 2 heteroatoms. The molecule has 0 heterocycles. The van der Waals surface area contributed by atoms with Crippen LogP contribution in [0.25, 0.3) is 0 Å². The van der Waals surface area contributed by atoms with Crippen LogP contribution < -0.4 is 5.73 Å². The molecule has 0 aliphatic heterocycles. The molecule has 0 aromatic carbocycles. The number of hydrogen-bond donors (Lipinski definition) is 1. The molecular weight excluding hydrogens is 222 g/mol. The van der Waals surface area contributed by atoms with E-state index >= 15 is 0 Å². The van der Waals surface area contributed by atoms with E-state index in [2.05, 4.69) is 6.92 Å². The molecule has 2 nitrogen and oxygen atoms in total. The van der Waals surface area contributed by atoms with Crippen LogP contribution in [0.3, 0.4) is 0 Å². The Hall–Kier alpha value is -0.0800. The van der Waals surface area contributed by atoms with Gasteiger partial charge in [-0.3, -0.25) is 0 Å². The molecule has 2 N–H and O–H groups in total. The van der Waals surface area contributed by atoms with E-state index in [4.69, 9.17) is 10.5 Å². The SMILES string of the molecule is CCC1CCCCC1OC1CC(N)C12CCCC2. The van der Waals surface area contributed by atoms with Gasteiger partial charge in [0.15, 0.2) is 0 Å². The number of hydrogen-bond acceptors (Lipinski definition) is 2. The molecule has 0 aromatic heterocycles. The minimum Gasteiger partial charge on any atom is -0.374 e. The lowest BCUT2D eigenvalue weighted by Crippen LogP contribution is -2.62. The summed E-state index contributed by atoms with van der Waals surface area (Å²) >= 11 is 0. The van der Waals surface area contributed by atoms with E-state index in [9.17, 15) is 0 Å². The van der Waals surface area contributed by atoms with Crippen LogP contribution in [0, 0.1) is 11.3 Å². The maximum Gasteiger partial charge on any atom is 0.0665 e. The Bertz CT molecular complexity index is 285. The van der Waals surface area contributed by atoms with Crippen molar-refractivity contribution < 1.29 is 4.74 Å². The first-order valence-electron chi connectivity index (χ1n) is 8.17. The second-order valence-electron chi connectivity index (χ2n) is 6.90. The quantitative estimate of drug-likeness (QED) is 0.831. The zero-order valence-corrected chi connectivity index (χ0v) is 11.9. The summed E-state index contributed by atoms with van der Waals surface area (Å²) in [5, 5.41) is 0. The Morgan fingerprint density at radius 3 is 2.50 bits per heavy atom. The first-order valence-corrected chi connectivity index (χ1v) is 8.17. The first kappa shape index (κ1) is 12.9. The van der Waals surface area contributed by atoms with Crippen molar-refractivity contribution in [3.8, 4) is 0 Å². The molecule has 0 radical (unpaired) electrons. The summed E-state index contributed by atoms with van der Waals surface area (Å²) in [5.41, 5.74) is 6.69. The predicted molar refractivity (Wildman–Crippen MR) is 74.4 cm³/mol. The average Bonchev–Trinajstić information content (AvgIpc) is 2.91. The molecule has 3 rings (SSSR count). The lowest BCUT2D eigenvalue weighted by molar-refractivity contribution is -0.172. The number of nitrogens with two attached hydrogens (primary N) is 1. The maximum absolute atomic E-state index is 6.56. The molecule has 3 aliphatic carbocycles. The van der Waals surface area contributed by atoms with Crippen LogP contribution in [0.1, 0.15) is 71.1 Å². The van der Waals surface area contributed by atoms with E-state index in [-0.39, 0.29) is 0 Å². The maximum atomic E-state index is 6.56. The monoisotopic (exact) mass is 251 g/mol. The lowest BCUT2D eigenvalue weighted by Gasteiger charge is -2.54. The molecule has 1 spiro atoms. The van der Waals surface area contributed by atoms with Crippen molar-refractivity contribution in [2.75, 3.05) is 0 Å². The Kier molecular flexibility index (Phi) is 3.68. The van der Waals surface area contributed by atoms with Gasteiger partial charge in [0.2, 0.25) is 0 Å². The predicted octanol–water partition coefficient (Wildman–Crippen LogP) is 3.63. The smallest absolute Gasteiger partial charge is 0.0665 e. The van der Waals surface area contributed by atoms with E-state index in [0.29, 0.717) is 23.7 Å². The fourth-order valence-electron chi connectivity index (χ4n) is 4.73. The average molecular weight is 251 g/mol. The molecular formula is C16H29NO. The second kappa shape index (κ2) is 5.13. The summed E-state index contributed by atoms with van der Waals surface area (Å²) in [4.78, 5) is 0. The van der Waals surface area contributed by atoms with E-state index in [1.807, 2.05) is 0 Å². The van der Waals surface area contributed by atoms with E-state index < -0.39 is 0 Å². The van der Waals surface area contributed by atoms with Crippen molar-refractivity contribution in [2.45, 2.75) is 89.4 Å². The summed E-state index contributed by atoms with van der Waals surface area (Å²) < 4.78 is 6.56. The van der Waals surface area contributed by atoms with Crippen LogP contribution >= 0.6 is 0 Å². The van der Waals surface area contributed by atoms with Gasteiger partial charge in [-0.1, -0.05) is 39.0 Å². The van der Waals surface area contributed by atoms with Crippen molar-refractivity contribution in [3.05, 3.63) is 0 Å². The second-order valence-corrected chi connectivity index (χ2v) is 6.90. The van der Waals surface area contributed by atoms with Gasteiger partial charge in [-0.15, -0.1) is 0 Å². The minimum absolute atomic E-state index is 0.385. The summed E-state index contributed by atoms with van der Waals surface area (Å²) in [5.74, 6) is 0.814. The van der Waals surface area contributed by atoms with Crippen molar-refractivity contribution in [1.29, 1.82) is 0 Å². The third-order valence-electron chi connectivity index (χ3n) is 6.08. The zero-order valence-electron chi connectivity index (χ0n) is 11.9. The first-order chi connectivity index (χ1) is 8.76. The molecule has 3 fully saturated rings. The van der Waals surface area contributed by atoms with Gasteiger partial charge in [0.05, 0.1) is 12.2 Å². The third kappa shape index (κ3) is 2.02. The van der Waals surface area contributed by atoms with Gasteiger partial charge >= 0.3 is 0 Å². The molecule has 4 unspecified atom stereocenters. The normalized spacial score (nSPS) is 43.0. The topological polar surface area (TPSA) is 35.2 Å². The molecule has 4 atom stereocenters. The fraction of sp³-hybridized carbons (Fsp3) is 1.00. The van der Waals surface area contributed by atoms with Crippen molar-refractivity contribution >= 4 is 0 Å². The molecule has 18 heavy (non-hydrogen) atoms. The molecule has 3 aliphatic rings. The summed E-state index contributed by atoms with van der Waals surface area (Å²) in [6.45, 7) is 2.32. The van der Waals surface area contributed by atoms with Gasteiger partial charge in [0.25, 0.3) is 0 Å². The highest BCUT2D eigenvalue weighted by Gasteiger charge is 2.55. The summed E-state index contributed by atoms with van der Waals surface area (Å²) in [6.07, 6.45) is 14.3. The molecule has 0 saturated heterocycles. The highest BCUT2D eigenvalue weighted by molar-refractivity contribution is 5.09. The molecule has 104 valence electrons. The largest absolute Gasteiger partial charge is 0.374 e. The van der Waals surface area contributed by atoms with E-state index in [0.717, 1.165) is 12.3 Å². The summed E-state index contributed by atoms with van der Waals surface area (Å²) in [7, 11) is 0. The third-order valence-corrected chi connectivity index (χ3v) is 6.08. The Morgan fingerprint density at radius 2 is 1.83 bits per heavy atom. The Morgan fingerprint density at radius 1 is 1.11 bits per heavy atom. The van der Waals surface area contributed by atoms with Crippen LogP contribution in [0.5, 0.6) is 0 Å². The number of ether oxygens (including phenoxy) is 1. The van der Waals surface area contributed by atoms with Gasteiger partial charge in [0.1, 0.15) is 0 Å². The Labute approximate surface area is 112 Å². The van der Waals surface area contributed by atoms with Crippen LogP contribution in [0.2, 0.25) is 0 Å². The van der Waals surface area contributed by atoms with Crippen molar-refractivity contribution in [3.63, 3.8) is 0 Å². The lowest BCUT2D eigenvalue weighted by atomic mass is 9.61. The van der Waals surface area contributed by atoms with Gasteiger partial charge in [0, 0.05) is 11.5 Å². The summed E-state index contributed by atoms with van der Waals surface area (Å²) in [6, 6.07) is 0.425. The van der Waals surface area contributed by atoms with Crippen LogP contribution in [0.15, 0.2) is 0 Å². The minimum atomic E-state index is 0.385. The van der Waals surface area contributed by atoms with E-state index in [1.54, 1.807) is 0 Å². The molecule has 3 saturated carbocycles. The molecule has 0 amide bonds. The Balaban J connectivity index is 1.62. The van der Waals surface area contributed by atoms with E-state index in [1.165, 1.54) is 57.8 Å². The molecule has 0 bridgehead atoms. The van der Waals surface area contributed by atoms with Gasteiger partial charge in [-0.05, 0) is 38.0 Å². The standard InChI is InChI=1S/C16H29NO/c1-2-12-7-3-4-8-13(12)18-15-11-14(17)16(15)9-5-6-10-16/h12-15H,2-11,17H2,1H3.